The van der Waals surface area contributed by atoms with Crippen LogP contribution in [0.5, 0.6) is 0 Å². The van der Waals surface area contributed by atoms with E-state index in [4.69, 9.17) is 15.9 Å². The van der Waals surface area contributed by atoms with E-state index in [1.807, 2.05) is 0 Å². The fraction of sp³-hybridized carbons (Fsp3) is 0.200. The van der Waals surface area contributed by atoms with Crippen molar-refractivity contribution >= 4 is 17.6 Å². The summed E-state index contributed by atoms with van der Waals surface area (Å²) >= 11 is 0. The lowest BCUT2D eigenvalue weighted by Crippen LogP contribution is -2.12. The van der Waals surface area contributed by atoms with Crippen LogP contribution in [0.3, 0.4) is 0 Å². The summed E-state index contributed by atoms with van der Waals surface area (Å²) in [5.41, 5.74) is 5.85. The zero-order valence-corrected chi connectivity index (χ0v) is 8.10. The third-order valence-electron chi connectivity index (χ3n) is 2.21. The third kappa shape index (κ3) is 2.07. The van der Waals surface area contributed by atoms with Gasteiger partial charge in [0.25, 0.3) is 0 Å². The molecule has 0 radical (unpaired) electrons. The normalized spacial score (nSPS) is 12.1. The molecule has 0 heterocycles. The Morgan fingerprint density at radius 2 is 1.93 bits per heavy atom. The molecule has 1 unspecified atom stereocenters. The van der Waals surface area contributed by atoms with Crippen molar-refractivity contribution in [3.63, 3.8) is 0 Å². The molecule has 0 aliphatic carbocycles. The van der Waals surface area contributed by atoms with Crippen molar-refractivity contribution in [2.75, 3.05) is 5.73 Å². The summed E-state index contributed by atoms with van der Waals surface area (Å²) in [6.07, 6.45) is 0. The molecule has 4 N–H and O–H groups in total. The van der Waals surface area contributed by atoms with Gasteiger partial charge in [-0.3, -0.25) is 4.79 Å². The number of benzene rings is 1. The Balaban J connectivity index is 3.26. The lowest BCUT2D eigenvalue weighted by molar-refractivity contribution is -0.138. The molecule has 1 aromatic rings. The molecule has 0 aromatic heterocycles. The van der Waals surface area contributed by atoms with Crippen molar-refractivity contribution < 1.29 is 19.8 Å². The second-order valence-electron chi connectivity index (χ2n) is 3.17. The molecule has 0 saturated carbocycles. The highest BCUT2D eigenvalue weighted by atomic mass is 16.4. The van der Waals surface area contributed by atoms with Gasteiger partial charge in [0.2, 0.25) is 0 Å². The maximum atomic E-state index is 10.7. The molecule has 0 bridgehead atoms. The van der Waals surface area contributed by atoms with E-state index in [0.29, 0.717) is 5.56 Å². The van der Waals surface area contributed by atoms with Crippen molar-refractivity contribution in [3.8, 4) is 0 Å². The first-order chi connectivity index (χ1) is 6.95. The number of para-hydroxylation sites is 1. The summed E-state index contributed by atoms with van der Waals surface area (Å²) in [7, 11) is 0. The van der Waals surface area contributed by atoms with Crippen molar-refractivity contribution in [1.29, 1.82) is 0 Å². The van der Waals surface area contributed by atoms with Gasteiger partial charge in [0.15, 0.2) is 0 Å². The summed E-state index contributed by atoms with van der Waals surface area (Å²) in [6, 6.07) is 4.34. The molecule has 0 aliphatic heterocycles. The molecule has 0 spiro atoms. The summed E-state index contributed by atoms with van der Waals surface area (Å²) < 4.78 is 0. The first-order valence-electron chi connectivity index (χ1n) is 4.29. The Morgan fingerprint density at radius 3 is 2.40 bits per heavy atom. The van der Waals surface area contributed by atoms with Crippen LogP contribution in [0.2, 0.25) is 0 Å². The van der Waals surface area contributed by atoms with Crippen LogP contribution in [0.1, 0.15) is 28.8 Å². The number of carbonyl (C=O) groups is 2. The molecule has 0 saturated heterocycles. The van der Waals surface area contributed by atoms with Crippen LogP contribution in [-0.4, -0.2) is 22.2 Å². The summed E-state index contributed by atoms with van der Waals surface area (Å²) in [6.45, 7) is 1.46. The van der Waals surface area contributed by atoms with Gasteiger partial charge in [-0.15, -0.1) is 0 Å². The minimum Gasteiger partial charge on any atom is -0.481 e. The average molecular weight is 209 g/mol. The zero-order chi connectivity index (χ0) is 11.6. The van der Waals surface area contributed by atoms with Crippen LogP contribution in [0, 0.1) is 0 Å². The number of aliphatic carboxylic acids is 1. The fourth-order valence-electron chi connectivity index (χ4n) is 1.28. The molecule has 5 heteroatoms. The molecule has 0 aliphatic rings. The lowest BCUT2D eigenvalue weighted by Gasteiger charge is -2.11. The highest BCUT2D eigenvalue weighted by Gasteiger charge is 2.19. The lowest BCUT2D eigenvalue weighted by atomic mass is 9.97. The smallest absolute Gasteiger partial charge is 0.337 e. The SMILES string of the molecule is CC(C(=O)O)c1cccc(C(=O)O)c1N. The summed E-state index contributed by atoms with van der Waals surface area (Å²) in [5.74, 6) is -3.01. The minimum absolute atomic E-state index is 0.0138. The molecule has 1 rings (SSSR count). The second kappa shape index (κ2) is 4.00. The van der Waals surface area contributed by atoms with Crippen molar-refractivity contribution in [3.05, 3.63) is 29.3 Å². The Labute approximate surface area is 86.1 Å². The van der Waals surface area contributed by atoms with Crippen LogP contribution in [-0.2, 0) is 4.79 Å². The van der Waals surface area contributed by atoms with Gasteiger partial charge in [0.1, 0.15) is 0 Å². The maximum absolute atomic E-state index is 10.7. The van der Waals surface area contributed by atoms with Gasteiger partial charge < -0.3 is 15.9 Å². The van der Waals surface area contributed by atoms with E-state index >= 15 is 0 Å². The topological polar surface area (TPSA) is 101 Å². The van der Waals surface area contributed by atoms with E-state index in [0.717, 1.165) is 0 Å². The van der Waals surface area contributed by atoms with E-state index in [-0.39, 0.29) is 11.3 Å². The highest BCUT2D eigenvalue weighted by Crippen LogP contribution is 2.25. The van der Waals surface area contributed by atoms with E-state index in [1.165, 1.54) is 25.1 Å². The standard InChI is InChI=1S/C10H11NO4/c1-5(9(12)13)6-3-2-4-7(8(6)11)10(14)15/h2-5H,11H2,1H3,(H,12,13)(H,14,15). The van der Waals surface area contributed by atoms with Crippen LogP contribution >= 0.6 is 0 Å². The first-order valence-corrected chi connectivity index (χ1v) is 4.29. The molecular formula is C10H11NO4. The fourth-order valence-corrected chi connectivity index (χ4v) is 1.28. The quantitative estimate of drug-likeness (QED) is 0.648. The van der Waals surface area contributed by atoms with Crippen molar-refractivity contribution in [2.45, 2.75) is 12.8 Å². The molecule has 1 atom stereocenters. The number of hydrogen-bond donors (Lipinski definition) is 3. The molecular weight excluding hydrogens is 198 g/mol. The highest BCUT2D eigenvalue weighted by molar-refractivity contribution is 5.95. The van der Waals surface area contributed by atoms with Crippen LogP contribution in [0.4, 0.5) is 5.69 Å². The number of nitrogens with two attached hydrogens (primary N) is 1. The van der Waals surface area contributed by atoms with Crippen LogP contribution in [0.25, 0.3) is 0 Å². The van der Waals surface area contributed by atoms with E-state index in [2.05, 4.69) is 0 Å². The van der Waals surface area contributed by atoms with E-state index < -0.39 is 17.9 Å². The van der Waals surface area contributed by atoms with E-state index in [1.54, 1.807) is 0 Å². The number of carboxylic acids is 2. The average Bonchev–Trinajstić information content (AvgIpc) is 2.16. The first kappa shape index (κ1) is 11.0. The summed E-state index contributed by atoms with van der Waals surface area (Å²) in [4.78, 5) is 21.5. The molecule has 0 amide bonds. The van der Waals surface area contributed by atoms with Gasteiger partial charge in [-0.2, -0.15) is 0 Å². The Bertz CT molecular complexity index is 414. The van der Waals surface area contributed by atoms with Gasteiger partial charge in [-0.1, -0.05) is 12.1 Å². The van der Waals surface area contributed by atoms with Crippen molar-refractivity contribution in [1.82, 2.24) is 0 Å². The number of nitrogen functional groups attached to an aromatic ring is 1. The zero-order valence-electron chi connectivity index (χ0n) is 8.10. The number of hydrogen-bond acceptors (Lipinski definition) is 3. The largest absolute Gasteiger partial charge is 0.481 e. The predicted octanol–water partition coefficient (Wildman–Crippen LogP) is 1.16. The summed E-state index contributed by atoms with van der Waals surface area (Å²) in [5, 5.41) is 17.6. The number of rotatable bonds is 3. The van der Waals surface area contributed by atoms with E-state index in [9.17, 15) is 9.59 Å². The molecule has 80 valence electrons. The number of anilines is 1. The Hall–Kier alpha value is -2.04. The molecule has 0 fully saturated rings. The number of carboxylic acid groups (broad SMARTS) is 2. The van der Waals surface area contributed by atoms with Gasteiger partial charge >= 0.3 is 11.9 Å². The Kier molecular flexibility index (Phi) is 2.94. The molecule has 15 heavy (non-hydrogen) atoms. The monoisotopic (exact) mass is 209 g/mol. The van der Waals surface area contributed by atoms with Crippen molar-refractivity contribution in [2.24, 2.45) is 0 Å². The maximum Gasteiger partial charge on any atom is 0.337 e. The van der Waals surface area contributed by atoms with Gasteiger partial charge in [-0.25, -0.2) is 4.79 Å². The number of aromatic carboxylic acids is 1. The minimum atomic E-state index is -1.16. The predicted molar refractivity (Wildman–Crippen MR) is 53.9 cm³/mol. The molecule has 1 aromatic carbocycles. The second-order valence-corrected chi connectivity index (χ2v) is 3.17. The Morgan fingerprint density at radius 1 is 1.33 bits per heavy atom. The van der Waals surface area contributed by atoms with Crippen LogP contribution in [0.15, 0.2) is 18.2 Å². The van der Waals surface area contributed by atoms with Gasteiger partial charge in [-0.05, 0) is 18.6 Å². The van der Waals surface area contributed by atoms with Gasteiger partial charge in [0, 0.05) is 0 Å². The third-order valence-corrected chi connectivity index (χ3v) is 2.21. The van der Waals surface area contributed by atoms with Gasteiger partial charge in [0.05, 0.1) is 17.2 Å². The molecule has 5 nitrogen and oxygen atoms in total. The van der Waals surface area contributed by atoms with Crippen LogP contribution < -0.4 is 5.73 Å².